The molecule has 0 radical (unpaired) electrons. The van der Waals surface area contributed by atoms with Crippen LogP contribution < -0.4 is 0 Å². The van der Waals surface area contributed by atoms with Crippen molar-refractivity contribution in [2.45, 2.75) is 19.8 Å². The molecule has 1 amide bonds. The Bertz CT molecular complexity index is 429. The maximum absolute atomic E-state index is 12.3. The third-order valence-electron chi connectivity index (χ3n) is 2.94. The topological polar surface area (TPSA) is 63.0 Å². The predicted octanol–water partition coefficient (Wildman–Crippen LogP) is 1.63. The maximum Gasteiger partial charge on any atom is 0.307 e. The molecule has 0 aromatic carbocycles. The third-order valence-corrected chi connectivity index (χ3v) is 2.94. The predicted molar refractivity (Wildman–Crippen MR) is 79.0 cm³/mol. The van der Waals surface area contributed by atoms with Gasteiger partial charge >= 0.3 is 5.97 Å². The maximum atomic E-state index is 12.3. The summed E-state index contributed by atoms with van der Waals surface area (Å²) in [6, 6.07) is 3.31. The second-order valence-electron chi connectivity index (χ2n) is 4.98. The highest BCUT2D eigenvalue weighted by Gasteiger charge is 2.19. The van der Waals surface area contributed by atoms with Crippen LogP contribution in [0.25, 0.3) is 0 Å². The fraction of sp³-hybridized carbons (Fsp3) is 0.600. The van der Waals surface area contributed by atoms with Crippen molar-refractivity contribution in [2.24, 2.45) is 0 Å². The van der Waals surface area contributed by atoms with E-state index >= 15 is 0 Å². The van der Waals surface area contributed by atoms with E-state index in [2.05, 4.69) is 4.90 Å². The van der Waals surface area contributed by atoms with Gasteiger partial charge in [0.15, 0.2) is 5.76 Å². The van der Waals surface area contributed by atoms with Gasteiger partial charge in [0, 0.05) is 13.1 Å². The molecule has 0 aliphatic heterocycles. The van der Waals surface area contributed by atoms with Crippen LogP contribution in [0.2, 0.25) is 0 Å². The molecule has 6 nitrogen and oxygen atoms in total. The second kappa shape index (κ2) is 9.18. The molecule has 0 saturated carbocycles. The molecule has 0 bridgehead atoms. The highest BCUT2D eigenvalue weighted by Crippen LogP contribution is 2.08. The van der Waals surface area contributed by atoms with Gasteiger partial charge in [-0.15, -0.1) is 0 Å². The molecular weight excluding hydrogens is 272 g/mol. The number of amides is 1. The van der Waals surface area contributed by atoms with Gasteiger partial charge in [0.25, 0.3) is 5.91 Å². The van der Waals surface area contributed by atoms with Crippen LogP contribution in [0.1, 0.15) is 30.3 Å². The second-order valence-corrected chi connectivity index (χ2v) is 4.98. The van der Waals surface area contributed by atoms with Gasteiger partial charge in [-0.25, -0.2) is 0 Å². The molecule has 1 aromatic rings. The first kappa shape index (κ1) is 17.2. The Hall–Kier alpha value is -1.82. The monoisotopic (exact) mass is 296 g/mol. The van der Waals surface area contributed by atoms with Crippen LogP contribution >= 0.6 is 0 Å². The Balaban J connectivity index is 2.56. The molecule has 0 unspecified atom stereocenters. The molecule has 1 aromatic heterocycles. The summed E-state index contributed by atoms with van der Waals surface area (Å²) in [5.74, 6) is -0.186. The van der Waals surface area contributed by atoms with Crippen molar-refractivity contribution >= 4 is 11.9 Å². The summed E-state index contributed by atoms with van der Waals surface area (Å²) < 4.78 is 10.0. The Morgan fingerprint density at radius 3 is 2.57 bits per heavy atom. The molecule has 118 valence electrons. The summed E-state index contributed by atoms with van der Waals surface area (Å²) in [6.07, 6.45) is 2.50. The van der Waals surface area contributed by atoms with Crippen LogP contribution in [-0.4, -0.2) is 62.0 Å². The van der Waals surface area contributed by atoms with Gasteiger partial charge in [0.05, 0.1) is 19.3 Å². The molecule has 0 atom stereocenters. The van der Waals surface area contributed by atoms with Crippen LogP contribution in [-0.2, 0) is 9.53 Å². The molecular formula is C15H24N2O4. The molecule has 0 fully saturated rings. The summed E-state index contributed by atoms with van der Waals surface area (Å²) in [5.41, 5.74) is 0. The first-order valence-corrected chi connectivity index (χ1v) is 7.17. The van der Waals surface area contributed by atoms with E-state index in [0.29, 0.717) is 25.5 Å². The van der Waals surface area contributed by atoms with Gasteiger partial charge in [-0.1, -0.05) is 0 Å². The van der Waals surface area contributed by atoms with E-state index in [4.69, 9.17) is 9.15 Å². The van der Waals surface area contributed by atoms with Crippen molar-refractivity contribution < 1.29 is 18.7 Å². The lowest BCUT2D eigenvalue weighted by Gasteiger charge is -2.22. The molecule has 21 heavy (non-hydrogen) atoms. The van der Waals surface area contributed by atoms with Gasteiger partial charge in [-0.05, 0) is 46.1 Å². The Morgan fingerprint density at radius 2 is 2.00 bits per heavy atom. The largest absolute Gasteiger partial charge is 0.466 e. The summed E-state index contributed by atoms with van der Waals surface area (Å²) in [7, 11) is 3.97. The first-order chi connectivity index (χ1) is 10.0. The van der Waals surface area contributed by atoms with Crippen molar-refractivity contribution in [3.05, 3.63) is 24.2 Å². The lowest BCUT2D eigenvalue weighted by molar-refractivity contribution is -0.143. The smallest absolute Gasteiger partial charge is 0.307 e. The zero-order chi connectivity index (χ0) is 15.7. The molecule has 0 saturated heterocycles. The van der Waals surface area contributed by atoms with Gasteiger partial charge in [0.1, 0.15) is 0 Å². The number of furan rings is 1. The highest BCUT2D eigenvalue weighted by molar-refractivity contribution is 5.91. The lowest BCUT2D eigenvalue weighted by Crippen LogP contribution is -2.35. The number of carbonyl (C=O) groups is 2. The fourth-order valence-electron chi connectivity index (χ4n) is 1.91. The molecule has 1 heterocycles. The van der Waals surface area contributed by atoms with Crippen molar-refractivity contribution in [1.29, 1.82) is 0 Å². The summed E-state index contributed by atoms with van der Waals surface area (Å²) in [4.78, 5) is 27.5. The number of esters is 1. The van der Waals surface area contributed by atoms with Gasteiger partial charge in [0.2, 0.25) is 0 Å². The Morgan fingerprint density at radius 1 is 1.24 bits per heavy atom. The molecule has 6 heteroatoms. The van der Waals surface area contributed by atoms with E-state index in [9.17, 15) is 9.59 Å². The number of ether oxygens (including phenoxy) is 1. The van der Waals surface area contributed by atoms with E-state index < -0.39 is 0 Å². The molecule has 1 rings (SSSR count). The average molecular weight is 296 g/mol. The van der Waals surface area contributed by atoms with E-state index in [0.717, 1.165) is 13.0 Å². The van der Waals surface area contributed by atoms with E-state index in [1.54, 1.807) is 24.0 Å². The van der Waals surface area contributed by atoms with Crippen LogP contribution in [0.4, 0.5) is 0 Å². The molecule has 0 N–H and O–H groups in total. The van der Waals surface area contributed by atoms with E-state index in [1.165, 1.54) is 6.26 Å². The Kier molecular flexibility index (Phi) is 7.53. The minimum absolute atomic E-state index is 0.192. The molecule has 0 aliphatic carbocycles. The highest BCUT2D eigenvalue weighted by atomic mass is 16.5. The SMILES string of the molecule is CCOC(=O)CCN(CCCN(C)C)C(=O)c1ccco1. The summed E-state index contributed by atoms with van der Waals surface area (Å²) in [5, 5.41) is 0. The van der Waals surface area contributed by atoms with E-state index in [1.807, 2.05) is 14.1 Å². The molecule has 0 spiro atoms. The van der Waals surface area contributed by atoms with Gasteiger partial charge in [-0.3, -0.25) is 9.59 Å². The quantitative estimate of drug-likeness (QED) is 0.648. The Labute approximate surface area is 125 Å². The number of carbonyl (C=O) groups excluding carboxylic acids is 2. The van der Waals surface area contributed by atoms with Crippen molar-refractivity contribution in [3.63, 3.8) is 0 Å². The first-order valence-electron chi connectivity index (χ1n) is 7.17. The summed E-state index contributed by atoms with van der Waals surface area (Å²) in [6.45, 7) is 3.91. The zero-order valence-corrected chi connectivity index (χ0v) is 13.0. The van der Waals surface area contributed by atoms with Gasteiger partial charge in [-0.2, -0.15) is 0 Å². The van der Waals surface area contributed by atoms with Crippen LogP contribution in [0.5, 0.6) is 0 Å². The number of rotatable bonds is 9. The van der Waals surface area contributed by atoms with Crippen LogP contribution in [0.3, 0.4) is 0 Å². The lowest BCUT2D eigenvalue weighted by atomic mass is 10.3. The van der Waals surface area contributed by atoms with Gasteiger partial charge < -0.3 is 19.0 Å². The average Bonchev–Trinajstić information content (AvgIpc) is 2.95. The number of hydrogen-bond donors (Lipinski definition) is 0. The zero-order valence-electron chi connectivity index (χ0n) is 13.0. The van der Waals surface area contributed by atoms with E-state index in [-0.39, 0.29) is 18.3 Å². The molecule has 0 aliphatic rings. The fourth-order valence-corrected chi connectivity index (χ4v) is 1.91. The minimum atomic E-state index is -0.289. The normalized spacial score (nSPS) is 10.7. The van der Waals surface area contributed by atoms with Crippen molar-refractivity contribution in [3.8, 4) is 0 Å². The number of nitrogens with zero attached hydrogens (tertiary/aromatic N) is 2. The van der Waals surface area contributed by atoms with Crippen molar-refractivity contribution in [2.75, 3.05) is 40.3 Å². The van der Waals surface area contributed by atoms with Crippen molar-refractivity contribution in [1.82, 2.24) is 9.80 Å². The standard InChI is InChI=1S/C15H24N2O4/c1-4-20-14(18)8-11-17(10-6-9-16(2)3)15(19)13-7-5-12-21-13/h5,7,12H,4,6,8-11H2,1-3H3. The summed E-state index contributed by atoms with van der Waals surface area (Å²) >= 11 is 0. The third kappa shape index (κ3) is 6.44. The van der Waals surface area contributed by atoms with Crippen LogP contribution in [0.15, 0.2) is 22.8 Å². The minimum Gasteiger partial charge on any atom is -0.466 e. The van der Waals surface area contributed by atoms with Crippen LogP contribution in [0, 0.1) is 0 Å². The number of hydrogen-bond acceptors (Lipinski definition) is 5.